The summed E-state index contributed by atoms with van der Waals surface area (Å²) >= 11 is 0. The molecule has 0 aromatic heterocycles. The average molecular weight is 391 g/mol. The van der Waals surface area contributed by atoms with Crippen molar-refractivity contribution < 1.29 is 18.0 Å². The monoisotopic (exact) mass is 391 g/mol. The van der Waals surface area contributed by atoms with Crippen LogP contribution < -0.4 is 0 Å². The fraction of sp³-hybridized carbons (Fsp3) is 0.524. The molecule has 1 aromatic rings. The lowest BCUT2D eigenvalue weighted by molar-refractivity contribution is -0.138. The maximum atomic E-state index is 13.3. The molecule has 0 aliphatic carbocycles. The van der Waals surface area contributed by atoms with Gasteiger partial charge in [-0.25, -0.2) is 0 Å². The van der Waals surface area contributed by atoms with E-state index in [4.69, 9.17) is 0 Å². The number of likely N-dealkylation sites (N-methyl/N-ethyl adjacent to an activating group) is 1. The van der Waals surface area contributed by atoms with Gasteiger partial charge in [0.05, 0.1) is 12.1 Å². The second-order valence-electron chi connectivity index (χ2n) is 7.70. The highest BCUT2D eigenvalue weighted by Gasteiger charge is 2.38. The Morgan fingerprint density at radius 1 is 1.18 bits per heavy atom. The van der Waals surface area contributed by atoms with E-state index in [1.807, 2.05) is 0 Å². The normalized spacial score (nSPS) is 21.3. The molecule has 4 nitrogen and oxygen atoms in total. The number of piperidine rings is 1. The number of alkyl halides is 3. The first-order valence-electron chi connectivity index (χ1n) is 9.82. The Balaban J connectivity index is 1.42. The van der Waals surface area contributed by atoms with Gasteiger partial charge >= 0.3 is 6.18 Å². The van der Waals surface area contributed by atoms with Crippen molar-refractivity contribution in [2.75, 3.05) is 39.3 Å². The van der Waals surface area contributed by atoms with E-state index in [0.717, 1.165) is 31.3 Å². The Morgan fingerprint density at radius 3 is 2.57 bits per heavy atom. The number of benzene rings is 1. The van der Waals surface area contributed by atoms with Crippen LogP contribution in [0, 0.1) is 0 Å². The SMILES string of the molecule is CCN1CC2=C(C1)C(C(=O)N1CCC(c3ccccc3C(F)(F)F)CC1)=NC2. The molecule has 1 fully saturated rings. The number of hydrogen-bond donors (Lipinski definition) is 0. The zero-order valence-corrected chi connectivity index (χ0v) is 15.9. The smallest absolute Gasteiger partial charge is 0.337 e. The van der Waals surface area contributed by atoms with Crippen molar-refractivity contribution in [1.82, 2.24) is 9.80 Å². The van der Waals surface area contributed by atoms with Crippen molar-refractivity contribution in [2.45, 2.75) is 31.9 Å². The van der Waals surface area contributed by atoms with Crippen LogP contribution in [-0.2, 0) is 11.0 Å². The zero-order chi connectivity index (χ0) is 19.9. The average Bonchev–Trinajstić information content (AvgIpc) is 3.27. The molecule has 1 amide bonds. The van der Waals surface area contributed by atoms with Crippen molar-refractivity contribution in [1.29, 1.82) is 0 Å². The molecule has 7 heteroatoms. The molecule has 0 bridgehead atoms. The standard InChI is InChI=1S/C21H24F3N3O/c1-2-26-12-15-11-25-19(17(15)13-26)20(28)27-9-7-14(8-10-27)16-5-3-4-6-18(16)21(22,23)24/h3-6,14H,2,7-13H2,1H3. The minimum atomic E-state index is -4.35. The molecule has 3 aliphatic rings. The fourth-order valence-electron chi connectivity index (χ4n) is 4.49. The minimum absolute atomic E-state index is 0.0643. The molecule has 0 radical (unpaired) electrons. The molecule has 0 N–H and O–H groups in total. The number of halogens is 3. The fourth-order valence-corrected chi connectivity index (χ4v) is 4.49. The third-order valence-corrected chi connectivity index (χ3v) is 6.07. The Hall–Kier alpha value is -2.15. The van der Waals surface area contributed by atoms with Gasteiger partial charge in [0.15, 0.2) is 0 Å². The lowest BCUT2D eigenvalue weighted by atomic mass is 9.86. The van der Waals surface area contributed by atoms with Crippen molar-refractivity contribution >= 4 is 11.6 Å². The summed E-state index contributed by atoms with van der Waals surface area (Å²) in [5.41, 5.74) is 2.66. The first kappa shape index (κ1) is 19.2. The molecule has 0 saturated carbocycles. The molecule has 0 unspecified atom stereocenters. The van der Waals surface area contributed by atoms with Gasteiger partial charge in [-0.1, -0.05) is 25.1 Å². The van der Waals surface area contributed by atoms with E-state index in [1.165, 1.54) is 11.6 Å². The molecule has 150 valence electrons. The molecular formula is C21H24F3N3O. The number of rotatable bonds is 3. The number of amides is 1. The predicted molar refractivity (Wildman–Crippen MR) is 101 cm³/mol. The summed E-state index contributed by atoms with van der Waals surface area (Å²) in [6.45, 7) is 6.23. The summed E-state index contributed by atoms with van der Waals surface area (Å²) in [5.74, 6) is -0.241. The van der Waals surface area contributed by atoms with E-state index < -0.39 is 11.7 Å². The van der Waals surface area contributed by atoms with Crippen LogP contribution in [0.3, 0.4) is 0 Å². The van der Waals surface area contributed by atoms with Gasteiger partial charge < -0.3 is 4.90 Å². The summed E-state index contributed by atoms with van der Waals surface area (Å²) in [6.07, 6.45) is -3.27. The second kappa shape index (κ2) is 7.35. The number of carbonyl (C=O) groups is 1. The van der Waals surface area contributed by atoms with E-state index in [9.17, 15) is 18.0 Å². The van der Waals surface area contributed by atoms with Crippen LogP contribution in [0.4, 0.5) is 13.2 Å². The number of aliphatic imine (C=N–C) groups is 1. The maximum absolute atomic E-state index is 13.3. The second-order valence-corrected chi connectivity index (χ2v) is 7.70. The topological polar surface area (TPSA) is 35.9 Å². The van der Waals surface area contributed by atoms with Gasteiger partial charge in [-0.15, -0.1) is 0 Å². The molecular weight excluding hydrogens is 367 g/mol. The first-order chi connectivity index (χ1) is 13.4. The lowest BCUT2D eigenvalue weighted by Crippen LogP contribution is -2.42. The molecule has 3 aliphatic heterocycles. The van der Waals surface area contributed by atoms with Crippen LogP contribution in [0.2, 0.25) is 0 Å². The number of hydrogen-bond acceptors (Lipinski definition) is 3. The highest BCUT2D eigenvalue weighted by Crippen LogP contribution is 2.38. The van der Waals surface area contributed by atoms with Crippen molar-refractivity contribution in [3.63, 3.8) is 0 Å². The molecule has 28 heavy (non-hydrogen) atoms. The first-order valence-corrected chi connectivity index (χ1v) is 9.82. The Kier molecular flexibility index (Phi) is 5.04. The maximum Gasteiger partial charge on any atom is 0.416 e. The summed E-state index contributed by atoms with van der Waals surface area (Å²) in [4.78, 5) is 21.5. The van der Waals surface area contributed by atoms with E-state index >= 15 is 0 Å². The van der Waals surface area contributed by atoms with Crippen LogP contribution in [0.25, 0.3) is 0 Å². The van der Waals surface area contributed by atoms with Crippen LogP contribution >= 0.6 is 0 Å². The summed E-state index contributed by atoms with van der Waals surface area (Å²) in [5, 5.41) is 0. The van der Waals surface area contributed by atoms with E-state index in [2.05, 4.69) is 16.8 Å². The summed E-state index contributed by atoms with van der Waals surface area (Å²) in [7, 11) is 0. The van der Waals surface area contributed by atoms with Crippen molar-refractivity contribution in [2.24, 2.45) is 4.99 Å². The molecule has 0 atom stereocenters. The van der Waals surface area contributed by atoms with Crippen LogP contribution in [0.5, 0.6) is 0 Å². The number of likely N-dealkylation sites (tertiary alicyclic amines) is 1. The molecule has 3 heterocycles. The van der Waals surface area contributed by atoms with Crippen molar-refractivity contribution in [3.8, 4) is 0 Å². The van der Waals surface area contributed by atoms with E-state index in [0.29, 0.717) is 43.8 Å². The van der Waals surface area contributed by atoms with Gasteiger partial charge in [0, 0.05) is 26.2 Å². The predicted octanol–water partition coefficient (Wildman–Crippen LogP) is 3.50. The highest BCUT2D eigenvalue weighted by atomic mass is 19.4. The number of carbonyl (C=O) groups excluding carboxylic acids is 1. The molecule has 1 saturated heterocycles. The minimum Gasteiger partial charge on any atom is -0.337 e. The molecule has 1 aromatic carbocycles. The molecule has 4 rings (SSSR count). The summed E-state index contributed by atoms with van der Waals surface area (Å²) < 4.78 is 39.9. The van der Waals surface area contributed by atoms with Crippen LogP contribution in [0.15, 0.2) is 40.4 Å². The lowest BCUT2D eigenvalue weighted by Gasteiger charge is -2.33. The van der Waals surface area contributed by atoms with Gasteiger partial charge in [0.25, 0.3) is 5.91 Å². The quantitative estimate of drug-likeness (QED) is 0.791. The van der Waals surface area contributed by atoms with Gasteiger partial charge in [-0.3, -0.25) is 14.7 Å². The van der Waals surface area contributed by atoms with E-state index in [1.54, 1.807) is 17.0 Å². The van der Waals surface area contributed by atoms with E-state index in [-0.39, 0.29) is 11.8 Å². The Bertz CT molecular complexity index is 836. The van der Waals surface area contributed by atoms with Gasteiger partial charge in [-0.05, 0) is 48.1 Å². The van der Waals surface area contributed by atoms with Gasteiger partial charge in [0.2, 0.25) is 0 Å². The Morgan fingerprint density at radius 2 is 1.89 bits per heavy atom. The van der Waals surface area contributed by atoms with Gasteiger partial charge in [-0.2, -0.15) is 13.2 Å². The highest BCUT2D eigenvalue weighted by molar-refractivity contribution is 6.46. The molecule has 0 spiro atoms. The zero-order valence-electron chi connectivity index (χ0n) is 15.9. The summed E-state index contributed by atoms with van der Waals surface area (Å²) in [6, 6.07) is 5.80. The van der Waals surface area contributed by atoms with Crippen LogP contribution in [-0.4, -0.2) is 60.7 Å². The Labute approximate surface area is 162 Å². The van der Waals surface area contributed by atoms with Gasteiger partial charge in [0.1, 0.15) is 5.71 Å². The third kappa shape index (κ3) is 3.48. The number of nitrogens with zero attached hydrogens (tertiary/aromatic N) is 3. The third-order valence-electron chi connectivity index (χ3n) is 6.07. The van der Waals surface area contributed by atoms with Crippen molar-refractivity contribution in [3.05, 3.63) is 46.5 Å². The van der Waals surface area contributed by atoms with Crippen LogP contribution in [0.1, 0.15) is 36.8 Å². The largest absolute Gasteiger partial charge is 0.416 e.